The number of H-pyrrole nitrogens is 2. The molecule has 0 radical (unpaired) electrons. The number of hydrogen-bond acceptors (Lipinski definition) is 7. The number of aliphatic hydroxyl groups excluding tert-OH is 2. The quantitative estimate of drug-likeness (QED) is 0.103. The van der Waals surface area contributed by atoms with Crippen LogP contribution in [0.3, 0.4) is 0 Å². The van der Waals surface area contributed by atoms with Crippen molar-refractivity contribution < 1.29 is 24.5 Å². The number of rotatable bonds is 11. The summed E-state index contributed by atoms with van der Waals surface area (Å²) in [6.07, 6.45) is 5.29. The van der Waals surface area contributed by atoms with Crippen LogP contribution < -0.4 is 4.74 Å². The second-order valence-electron chi connectivity index (χ2n) is 13.9. The SMILES string of the molecule is Cl.Cl.O=C(C1CCC[C@H]1c1ncc(-c2cccc(Oc3ccc(-c4cnc([C@@H]5CCCN5C(=O)[C@@H](O)c5ccccc5)[nH]4)cc3)c2)[nH]1)[C@@H](O)c1ccccc1. The van der Waals surface area contributed by atoms with E-state index in [-0.39, 0.29) is 54.4 Å². The topological polar surface area (TPSA) is 144 Å². The molecule has 6 aromatic rings. The van der Waals surface area contributed by atoms with Crippen LogP contribution in [-0.4, -0.2) is 53.3 Å². The fraction of sp³-hybridized carbons (Fsp3) is 0.256. The molecule has 0 spiro atoms. The smallest absolute Gasteiger partial charge is 0.256 e. The predicted molar refractivity (Wildman–Crippen MR) is 214 cm³/mol. The van der Waals surface area contributed by atoms with E-state index in [0.717, 1.165) is 60.4 Å². The van der Waals surface area contributed by atoms with E-state index < -0.39 is 12.2 Å². The van der Waals surface area contributed by atoms with Gasteiger partial charge >= 0.3 is 0 Å². The van der Waals surface area contributed by atoms with Gasteiger partial charge in [-0.3, -0.25) is 9.59 Å². The molecule has 4 N–H and O–H groups in total. The zero-order valence-electron chi connectivity index (χ0n) is 30.0. The number of ketones is 1. The number of hydrogen-bond donors (Lipinski definition) is 4. The Labute approximate surface area is 331 Å². The highest BCUT2D eigenvalue weighted by atomic mass is 35.5. The Kier molecular flexibility index (Phi) is 12.5. The summed E-state index contributed by atoms with van der Waals surface area (Å²) in [6.45, 7) is 0.570. The van der Waals surface area contributed by atoms with Crippen molar-refractivity contribution in [1.29, 1.82) is 0 Å². The maximum atomic E-state index is 13.3. The number of imidazole rings is 2. The third-order valence-electron chi connectivity index (χ3n) is 10.6. The largest absolute Gasteiger partial charge is 0.457 e. The first-order valence-electron chi connectivity index (χ1n) is 18.2. The number of aliphatic hydroxyl groups is 2. The molecule has 284 valence electrons. The zero-order valence-corrected chi connectivity index (χ0v) is 31.6. The number of nitrogens with one attached hydrogen (secondary N) is 2. The summed E-state index contributed by atoms with van der Waals surface area (Å²) < 4.78 is 6.24. The lowest BCUT2D eigenvalue weighted by atomic mass is 9.87. The summed E-state index contributed by atoms with van der Waals surface area (Å²) in [6, 6.07) is 33.4. The van der Waals surface area contributed by atoms with Gasteiger partial charge in [-0.15, -0.1) is 24.8 Å². The van der Waals surface area contributed by atoms with Crippen molar-refractivity contribution in [2.24, 2.45) is 5.92 Å². The molecule has 10 nitrogen and oxygen atoms in total. The maximum Gasteiger partial charge on any atom is 0.256 e. The summed E-state index contributed by atoms with van der Waals surface area (Å²) in [5, 5.41) is 21.6. The number of aromatic amines is 2. The van der Waals surface area contributed by atoms with Crippen molar-refractivity contribution in [3.8, 4) is 34.0 Å². The molecule has 12 heteroatoms. The van der Waals surface area contributed by atoms with E-state index in [1.807, 2.05) is 84.9 Å². The Hall–Kier alpha value is -5.26. The second kappa shape index (κ2) is 17.5. The molecule has 0 bridgehead atoms. The Morgan fingerprint density at radius 2 is 1.31 bits per heavy atom. The number of benzene rings is 4. The van der Waals surface area contributed by atoms with E-state index in [1.165, 1.54) is 0 Å². The lowest BCUT2D eigenvalue weighted by Crippen LogP contribution is -2.35. The number of amides is 1. The Balaban J connectivity index is 0.00000257. The number of carbonyl (C=O) groups is 2. The van der Waals surface area contributed by atoms with E-state index >= 15 is 0 Å². The minimum atomic E-state index is -1.21. The maximum absolute atomic E-state index is 13.3. The molecule has 2 aliphatic rings. The minimum absolute atomic E-state index is 0. The average molecular weight is 781 g/mol. The van der Waals surface area contributed by atoms with E-state index in [4.69, 9.17) is 4.74 Å². The molecule has 1 amide bonds. The Morgan fingerprint density at radius 3 is 2.02 bits per heavy atom. The van der Waals surface area contributed by atoms with E-state index in [0.29, 0.717) is 35.0 Å². The molecule has 1 aliphatic carbocycles. The average Bonchev–Trinajstić information content (AvgIpc) is 4.05. The molecule has 1 unspecified atom stereocenters. The van der Waals surface area contributed by atoms with Crippen molar-refractivity contribution in [2.75, 3.05) is 6.54 Å². The second-order valence-corrected chi connectivity index (χ2v) is 13.9. The normalized spacial score (nSPS) is 18.9. The first kappa shape index (κ1) is 39.4. The van der Waals surface area contributed by atoms with Crippen LogP contribution in [0.5, 0.6) is 11.5 Å². The van der Waals surface area contributed by atoms with Gasteiger partial charge in [0.1, 0.15) is 29.3 Å². The number of halogens is 2. The molecular formula is C43H43Cl2N5O5. The molecule has 3 heterocycles. The van der Waals surface area contributed by atoms with E-state index in [9.17, 15) is 19.8 Å². The molecular weight excluding hydrogens is 737 g/mol. The number of carbonyl (C=O) groups excluding carboxylic acids is 2. The summed E-state index contributed by atoms with van der Waals surface area (Å²) in [4.78, 5) is 44.5. The van der Waals surface area contributed by atoms with Crippen LogP contribution >= 0.6 is 24.8 Å². The van der Waals surface area contributed by atoms with Crippen LogP contribution in [0.1, 0.15) is 79.0 Å². The van der Waals surface area contributed by atoms with Gasteiger partial charge in [0.2, 0.25) is 0 Å². The van der Waals surface area contributed by atoms with Gasteiger partial charge in [-0.2, -0.15) is 0 Å². The van der Waals surface area contributed by atoms with Crippen molar-refractivity contribution in [3.05, 3.63) is 144 Å². The molecule has 2 aromatic heterocycles. The van der Waals surface area contributed by atoms with Gasteiger partial charge in [-0.05, 0) is 78.8 Å². The van der Waals surface area contributed by atoms with Gasteiger partial charge in [0.15, 0.2) is 11.9 Å². The molecule has 2 fully saturated rings. The van der Waals surface area contributed by atoms with Gasteiger partial charge in [0.05, 0.1) is 29.8 Å². The molecule has 8 rings (SSSR count). The summed E-state index contributed by atoms with van der Waals surface area (Å²) in [5.41, 5.74) is 4.68. The summed E-state index contributed by atoms with van der Waals surface area (Å²) >= 11 is 0. The monoisotopic (exact) mass is 779 g/mol. The third kappa shape index (κ3) is 8.38. The highest BCUT2D eigenvalue weighted by Gasteiger charge is 2.39. The van der Waals surface area contributed by atoms with Crippen LogP contribution in [0.4, 0.5) is 0 Å². The van der Waals surface area contributed by atoms with E-state index in [1.54, 1.807) is 41.6 Å². The Bertz CT molecular complexity index is 2190. The van der Waals surface area contributed by atoms with Crippen LogP contribution in [0, 0.1) is 5.92 Å². The number of likely N-dealkylation sites (tertiary alicyclic amines) is 1. The van der Waals surface area contributed by atoms with Gasteiger partial charge in [0.25, 0.3) is 5.91 Å². The highest BCUT2D eigenvalue weighted by molar-refractivity contribution is 5.87. The number of aromatic nitrogens is 4. The van der Waals surface area contributed by atoms with Crippen LogP contribution in [0.2, 0.25) is 0 Å². The molecule has 4 aromatic carbocycles. The molecule has 1 aliphatic heterocycles. The Morgan fingerprint density at radius 1 is 0.673 bits per heavy atom. The lowest BCUT2D eigenvalue weighted by Gasteiger charge is -2.25. The predicted octanol–water partition coefficient (Wildman–Crippen LogP) is 8.69. The fourth-order valence-electron chi connectivity index (χ4n) is 7.77. The summed E-state index contributed by atoms with van der Waals surface area (Å²) in [5.74, 6) is 1.95. The molecule has 1 saturated heterocycles. The number of ether oxygens (including phenoxy) is 1. The van der Waals surface area contributed by atoms with E-state index in [2.05, 4.69) is 19.9 Å². The van der Waals surface area contributed by atoms with Crippen molar-refractivity contribution in [2.45, 2.75) is 56.3 Å². The zero-order chi connectivity index (χ0) is 36.3. The number of Topliss-reactive ketones (excluding diaryl/α,β-unsaturated/α-hetero) is 1. The van der Waals surface area contributed by atoms with Crippen molar-refractivity contribution >= 4 is 36.5 Å². The standard InChI is InChI=1S/C43H41N5O5.2ClH/c49-38(28-10-3-1-4-11-28)40(51)33-16-8-17-34(33)41-44-26-36(46-41)30-14-7-15-32(24-30)53-31-21-19-27(20-22-31)35-25-45-42(47-35)37-18-9-23-48(37)43(52)39(50)29-12-5-2-6-13-29;;/h1-7,10-15,19-22,24-26,33-34,37-39,49-50H,8-9,16-18,23H2,(H,44,46)(H,45,47);2*1H/t33?,34-,37+,38+,39+;;/m1../s1. The highest BCUT2D eigenvalue weighted by Crippen LogP contribution is 2.42. The van der Waals surface area contributed by atoms with Crippen molar-refractivity contribution in [3.63, 3.8) is 0 Å². The van der Waals surface area contributed by atoms with Crippen molar-refractivity contribution in [1.82, 2.24) is 24.8 Å². The molecule has 5 atom stereocenters. The van der Waals surface area contributed by atoms with Crippen LogP contribution in [-0.2, 0) is 9.59 Å². The third-order valence-corrected chi connectivity index (χ3v) is 10.6. The summed E-state index contributed by atoms with van der Waals surface area (Å²) in [7, 11) is 0. The fourth-order valence-corrected chi connectivity index (χ4v) is 7.77. The molecule has 55 heavy (non-hydrogen) atoms. The van der Waals surface area contributed by atoms with Crippen LogP contribution in [0.15, 0.2) is 122 Å². The van der Waals surface area contributed by atoms with Gasteiger partial charge in [0, 0.05) is 23.9 Å². The van der Waals surface area contributed by atoms with Gasteiger partial charge < -0.3 is 29.8 Å². The molecule has 1 saturated carbocycles. The van der Waals surface area contributed by atoms with Gasteiger partial charge in [-0.25, -0.2) is 9.97 Å². The first-order valence-corrected chi connectivity index (χ1v) is 18.2. The number of nitrogens with zero attached hydrogens (tertiary/aromatic N) is 3. The lowest BCUT2D eigenvalue weighted by molar-refractivity contribution is -0.141. The minimum Gasteiger partial charge on any atom is -0.457 e. The van der Waals surface area contributed by atoms with Gasteiger partial charge in [-0.1, -0.05) is 79.2 Å². The first-order chi connectivity index (χ1) is 25.9. The van der Waals surface area contributed by atoms with Crippen LogP contribution in [0.25, 0.3) is 22.5 Å².